The fraction of sp³-hybridized carbons (Fsp3) is 0.250. The van der Waals surface area contributed by atoms with Gasteiger partial charge in [0.15, 0.2) is 11.5 Å². The predicted octanol–water partition coefficient (Wildman–Crippen LogP) is 4.72. The summed E-state index contributed by atoms with van der Waals surface area (Å²) in [5.74, 6) is 2.78. The summed E-state index contributed by atoms with van der Waals surface area (Å²) in [6.45, 7) is 3.04. The Hall–Kier alpha value is -2.95. The molecule has 1 aromatic heterocycles. The molecule has 5 heteroatoms. The van der Waals surface area contributed by atoms with Crippen LogP contribution in [0.2, 0.25) is 0 Å². The van der Waals surface area contributed by atoms with Crippen molar-refractivity contribution >= 4 is 0 Å². The van der Waals surface area contributed by atoms with Gasteiger partial charge in [-0.2, -0.15) is 0 Å². The van der Waals surface area contributed by atoms with Crippen LogP contribution in [0.3, 0.4) is 0 Å². The van der Waals surface area contributed by atoms with Crippen LogP contribution in [-0.2, 0) is 6.61 Å². The minimum Gasteiger partial charge on any atom is -0.497 e. The van der Waals surface area contributed by atoms with Crippen LogP contribution >= 0.6 is 0 Å². The van der Waals surface area contributed by atoms with Crippen molar-refractivity contribution < 1.29 is 18.6 Å². The van der Waals surface area contributed by atoms with E-state index >= 15 is 0 Å². The van der Waals surface area contributed by atoms with E-state index in [1.165, 1.54) is 0 Å². The number of oxazole rings is 1. The van der Waals surface area contributed by atoms with Gasteiger partial charge in [-0.3, -0.25) is 0 Å². The molecule has 0 spiro atoms. The third-order valence-corrected chi connectivity index (χ3v) is 3.58. The molecule has 0 aliphatic rings. The van der Waals surface area contributed by atoms with E-state index in [-0.39, 0.29) is 0 Å². The Labute approximate surface area is 147 Å². The lowest BCUT2D eigenvalue weighted by atomic mass is 10.2. The zero-order valence-corrected chi connectivity index (χ0v) is 14.4. The summed E-state index contributed by atoms with van der Waals surface area (Å²) in [6.07, 6.45) is 2.55. The molecular formula is C20H21NO4. The lowest BCUT2D eigenvalue weighted by molar-refractivity contribution is 0.259. The second kappa shape index (κ2) is 8.24. The number of hydrogen-bond acceptors (Lipinski definition) is 5. The molecule has 3 aromatic rings. The molecule has 0 amide bonds. The molecule has 0 unspecified atom stereocenters. The van der Waals surface area contributed by atoms with Crippen molar-refractivity contribution in [2.75, 3.05) is 13.7 Å². The van der Waals surface area contributed by atoms with Gasteiger partial charge in [-0.15, -0.1) is 0 Å². The van der Waals surface area contributed by atoms with Crippen molar-refractivity contribution in [1.82, 2.24) is 4.98 Å². The smallest absolute Gasteiger partial charge is 0.226 e. The van der Waals surface area contributed by atoms with Crippen LogP contribution in [0.5, 0.6) is 17.2 Å². The van der Waals surface area contributed by atoms with Gasteiger partial charge in [0.2, 0.25) is 5.89 Å². The Kier molecular flexibility index (Phi) is 5.57. The average Bonchev–Trinajstić information content (AvgIpc) is 3.14. The monoisotopic (exact) mass is 339 g/mol. The molecule has 0 bridgehead atoms. The van der Waals surface area contributed by atoms with Crippen LogP contribution in [0.25, 0.3) is 11.5 Å². The highest BCUT2D eigenvalue weighted by Gasteiger charge is 2.09. The predicted molar refractivity (Wildman–Crippen MR) is 95.1 cm³/mol. The summed E-state index contributed by atoms with van der Waals surface area (Å²) in [7, 11) is 1.64. The maximum absolute atomic E-state index is 5.84. The van der Waals surface area contributed by atoms with Gasteiger partial charge in [0.25, 0.3) is 0 Å². The molecule has 0 atom stereocenters. The third kappa shape index (κ3) is 4.32. The Morgan fingerprint density at radius 3 is 2.36 bits per heavy atom. The van der Waals surface area contributed by atoms with Crippen molar-refractivity contribution in [3.63, 3.8) is 0 Å². The summed E-state index contributed by atoms with van der Waals surface area (Å²) >= 11 is 0. The molecular weight excluding hydrogens is 318 g/mol. The molecule has 0 aliphatic heterocycles. The van der Waals surface area contributed by atoms with E-state index in [0.717, 1.165) is 29.2 Å². The van der Waals surface area contributed by atoms with Crippen molar-refractivity contribution in [2.24, 2.45) is 0 Å². The first kappa shape index (κ1) is 16.9. The minimum atomic E-state index is 0.312. The van der Waals surface area contributed by atoms with Crippen molar-refractivity contribution in [2.45, 2.75) is 20.0 Å². The summed E-state index contributed by atoms with van der Waals surface area (Å²) < 4.78 is 22.2. The largest absolute Gasteiger partial charge is 0.497 e. The molecule has 0 fully saturated rings. The highest BCUT2D eigenvalue weighted by molar-refractivity contribution is 5.54. The molecule has 0 radical (unpaired) electrons. The van der Waals surface area contributed by atoms with Gasteiger partial charge in [-0.25, -0.2) is 4.98 Å². The van der Waals surface area contributed by atoms with E-state index in [0.29, 0.717) is 24.9 Å². The summed E-state index contributed by atoms with van der Waals surface area (Å²) in [4.78, 5) is 4.47. The van der Waals surface area contributed by atoms with Gasteiger partial charge in [-0.1, -0.05) is 19.1 Å². The minimum absolute atomic E-state index is 0.312. The zero-order chi connectivity index (χ0) is 17.5. The number of aromatic nitrogens is 1. The fourth-order valence-electron chi connectivity index (χ4n) is 2.29. The molecule has 5 nitrogen and oxygen atoms in total. The van der Waals surface area contributed by atoms with Crippen molar-refractivity contribution in [1.29, 1.82) is 0 Å². The molecule has 0 saturated heterocycles. The van der Waals surface area contributed by atoms with Crippen LogP contribution in [0.1, 0.15) is 19.0 Å². The molecule has 0 N–H and O–H groups in total. The van der Waals surface area contributed by atoms with Gasteiger partial charge in [0.05, 0.1) is 13.7 Å². The summed E-state index contributed by atoms with van der Waals surface area (Å²) in [5.41, 5.74) is 1.61. The first-order valence-corrected chi connectivity index (χ1v) is 8.23. The number of benzene rings is 2. The van der Waals surface area contributed by atoms with E-state index < -0.39 is 0 Å². The fourth-order valence-corrected chi connectivity index (χ4v) is 2.29. The number of hydrogen-bond donors (Lipinski definition) is 0. The lowest BCUT2D eigenvalue weighted by Crippen LogP contribution is -2.00. The maximum atomic E-state index is 5.84. The first-order chi connectivity index (χ1) is 12.3. The van der Waals surface area contributed by atoms with Crippen molar-refractivity contribution in [3.8, 4) is 28.7 Å². The number of para-hydroxylation sites is 2. The maximum Gasteiger partial charge on any atom is 0.226 e. The molecule has 0 aliphatic carbocycles. The average molecular weight is 339 g/mol. The molecule has 0 saturated carbocycles. The van der Waals surface area contributed by atoms with Crippen LogP contribution in [0.15, 0.2) is 59.2 Å². The topological polar surface area (TPSA) is 53.7 Å². The molecule has 130 valence electrons. The van der Waals surface area contributed by atoms with Gasteiger partial charge in [0.1, 0.15) is 24.3 Å². The van der Waals surface area contributed by atoms with Crippen LogP contribution in [0, 0.1) is 0 Å². The normalized spacial score (nSPS) is 10.5. The highest BCUT2D eigenvalue weighted by atomic mass is 16.5. The number of nitrogens with zero attached hydrogens (tertiary/aromatic N) is 1. The molecule has 25 heavy (non-hydrogen) atoms. The second-order valence-corrected chi connectivity index (χ2v) is 5.46. The van der Waals surface area contributed by atoms with Crippen LogP contribution in [-0.4, -0.2) is 18.7 Å². The summed E-state index contributed by atoms with van der Waals surface area (Å²) in [5, 5.41) is 0. The quantitative estimate of drug-likeness (QED) is 0.594. The Morgan fingerprint density at radius 1 is 0.960 bits per heavy atom. The number of ether oxygens (including phenoxy) is 3. The lowest BCUT2D eigenvalue weighted by Gasteiger charge is -2.11. The van der Waals surface area contributed by atoms with Gasteiger partial charge < -0.3 is 18.6 Å². The van der Waals surface area contributed by atoms with Gasteiger partial charge >= 0.3 is 0 Å². The number of methoxy groups -OCH3 is 1. The third-order valence-electron chi connectivity index (χ3n) is 3.58. The van der Waals surface area contributed by atoms with Crippen LogP contribution < -0.4 is 14.2 Å². The van der Waals surface area contributed by atoms with E-state index in [1.54, 1.807) is 13.4 Å². The van der Waals surface area contributed by atoms with Crippen LogP contribution in [0.4, 0.5) is 0 Å². The first-order valence-electron chi connectivity index (χ1n) is 8.23. The Morgan fingerprint density at radius 2 is 1.68 bits per heavy atom. The van der Waals surface area contributed by atoms with E-state index in [4.69, 9.17) is 18.6 Å². The van der Waals surface area contributed by atoms with E-state index in [1.807, 2.05) is 48.5 Å². The molecule has 1 heterocycles. The van der Waals surface area contributed by atoms with Gasteiger partial charge in [-0.05, 0) is 42.8 Å². The molecule has 2 aromatic carbocycles. The zero-order valence-electron chi connectivity index (χ0n) is 14.4. The van der Waals surface area contributed by atoms with Gasteiger partial charge in [0, 0.05) is 5.56 Å². The highest BCUT2D eigenvalue weighted by Crippen LogP contribution is 2.28. The summed E-state index contributed by atoms with van der Waals surface area (Å²) in [6, 6.07) is 15.2. The second-order valence-electron chi connectivity index (χ2n) is 5.46. The van der Waals surface area contributed by atoms with E-state index in [2.05, 4.69) is 11.9 Å². The SMILES string of the molecule is CCCOc1ccccc1OCc1coc(-c2ccc(OC)cc2)n1. The van der Waals surface area contributed by atoms with E-state index in [9.17, 15) is 0 Å². The number of rotatable bonds is 8. The van der Waals surface area contributed by atoms with Crippen molar-refractivity contribution in [3.05, 3.63) is 60.5 Å². The Balaban J connectivity index is 1.66. The standard InChI is InChI=1S/C20H21NO4/c1-3-12-23-18-6-4-5-7-19(18)24-13-16-14-25-20(21-16)15-8-10-17(22-2)11-9-15/h4-11,14H,3,12-13H2,1-2H3. The molecule has 3 rings (SSSR count). The Bertz CT molecular complexity index is 795.